The lowest BCUT2D eigenvalue weighted by atomic mass is 10.0. The molecule has 42 heavy (non-hydrogen) atoms. The van der Waals surface area contributed by atoms with E-state index < -0.39 is 32.5 Å². The second-order valence-corrected chi connectivity index (χ2v) is 13.4. The molecule has 0 aliphatic carbocycles. The van der Waals surface area contributed by atoms with Crippen LogP contribution in [0.25, 0.3) is 0 Å². The second kappa shape index (κ2) is 25.9. The zero-order valence-electron chi connectivity index (χ0n) is 27.2. The molecule has 0 heterocycles. The van der Waals surface area contributed by atoms with Gasteiger partial charge in [0, 0.05) is 12.5 Å². The number of phosphoric acid groups is 1. The Morgan fingerprint density at radius 1 is 0.786 bits per heavy atom. The van der Waals surface area contributed by atoms with Gasteiger partial charge in [-0.15, -0.1) is 0 Å². The van der Waals surface area contributed by atoms with Crippen molar-refractivity contribution in [1.82, 2.24) is 0 Å². The van der Waals surface area contributed by atoms with E-state index in [1.807, 2.05) is 27.2 Å². The van der Waals surface area contributed by atoms with Gasteiger partial charge in [-0.2, -0.15) is 0 Å². The summed E-state index contributed by atoms with van der Waals surface area (Å²) in [7, 11) is 1.42. The van der Waals surface area contributed by atoms with Gasteiger partial charge in [-0.3, -0.25) is 13.8 Å². The Hall–Kier alpha value is -1.51. The molecule has 0 aromatic carbocycles. The molecule has 0 rings (SSSR count). The summed E-state index contributed by atoms with van der Waals surface area (Å²) >= 11 is 0. The molecule has 1 unspecified atom stereocenters. The molecule has 1 N–H and O–H groups in total. The molecule has 0 saturated carbocycles. The maximum absolute atomic E-state index is 12.3. The van der Waals surface area contributed by atoms with Crippen LogP contribution in [0.4, 0.5) is 0 Å². The highest BCUT2D eigenvalue weighted by Crippen LogP contribution is 2.43. The van der Waals surface area contributed by atoms with Crippen molar-refractivity contribution in [3.05, 3.63) is 24.3 Å². The summed E-state index contributed by atoms with van der Waals surface area (Å²) in [4.78, 5) is 34.5. The first-order valence-corrected chi connectivity index (χ1v) is 17.6. The smallest absolute Gasteiger partial charge is 0.462 e. The van der Waals surface area contributed by atoms with E-state index in [1.54, 1.807) is 12.2 Å². The van der Waals surface area contributed by atoms with Crippen molar-refractivity contribution >= 4 is 19.8 Å². The number of ether oxygens (including phenoxy) is 2. The van der Waals surface area contributed by atoms with Crippen LogP contribution >= 0.6 is 7.82 Å². The number of hydrogen-bond donors (Lipinski definition) is 1. The molecule has 0 spiro atoms. The van der Waals surface area contributed by atoms with E-state index in [0.717, 1.165) is 32.1 Å². The first kappa shape index (κ1) is 40.5. The quantitative estimate of drug-likeness (QED) is 0.0238. The molecule has 0 aromatic heterocycles. The summed E-state index contributed by atoms with van der Waals surface area (Å²) in [5, 5.41) is 0. The van der Waals surface area contributed by atoms with Crippen LogP contribution in [0.2, 0.25) is 0 Å². The van der Waals surface area contributed by atoms with E-state index in [0.29, 0.717) is 11.0 Å². The molecule has 0 amide bonds. The highest BCUT2D eigenvalue weighted by molar-refractivity contribution is 7.47. The van der Waals surface area contributed by atoms with Crippen molar-refractivity contribution in [2.45, 2.75) is 123 Å². The number of hydrogen-bond acceptors (Lipinski definition) is 7. The van der Waals surface area contributed by atoms with Crippen molar-refractivity contribution in [1.29, 1.82) is 0 Å². The lowest BCUT2D eigenvalue weighted by Gasteiger charge is -2.24. The summed E-state index contributed by atoms with van der Waals surface area (Å²) < 4.78 is 33.6. The molecule has 0 aliphatic rings. The zero-order valence-corrected chi connectivity index (χ0v) is 28.1. The number of unbranched alkanes of at least 4 members (excludes halogenated alkanes) is 13. The van der Waals surface area contributed by atoms with Crippen LogP contribution in [-0.4, -0.2) is 74.9 Å². The van der Waals surface area contributed by atoms with Gasteiger partial charge in [0.05, 0.1) is 27.7 Å². The lowest BCUT2D eigenvalue weighted by molar-refractivity contribution is -0.870. The number of allylic oxidation sites excluding steroid dienone is 3. The van der Waals surface area contributed by atoms with Crippen LogP contribution in [0, 0.1) is 0 Å². The number of nitrogens with zero attached hydrogens (tertiary/aromatic N) is 1. The molecule has 2 atom stereocenters. The van der Waals surface area contributed by atoms with Crippen LogP contribution in [0.1, 0.15) is 117 Å². The molecule has 9 nitrogen and oxygen atoms in total. The Morgan fingerprint density at radius 2 is 1.36 bits per heavy atom. The lowest BCUT2D eigenvalue weighted by Crippen LogP contribution is -2.37. The van der Waals surface area contributed by atoms with Crippen LogP contribution in [0.3, 0.4) is 0 Å². The Kier molecular flexibility index (Phi) is 25.0. The van der Waals surface area contributed by atoms with E-state index in [4.69, 9.17) is 18.5 Å². The van der Waals surface area contributed by atoms with Crippen LogP contribution in [-0.2, 0) is 32.7 Å². The number of phosphoric ester groups is 1. The van der Waals surface area contributed by atoms with Gasteiger partial charge in [-0.1, -0.05) is 116 Å². The van der Waals surface area contributed by atoms with Gasteiger partial charge in [0.25, 0.3) is 0 Å². The maximum Gasteiger partial charge on any atom is 0.472 e. The number of rotatable bonds is 28. The van der Waals surface area contributed by atoms with Gasteiger partial charge >= 0.3 is 19.8 Å². The summed E-state index contributed by atoms with van der Waals surface area (Å²) in [5.41, 5.74) is 0. The largest absolute Gasteiger partial charge is 0.472 e. The van der Waals surface area contributed by atoms with E-state index in [-0.39, 0.29) is 19.6 Å². The van der Waals surface area contributed by atoms with Crippen molar-refractivity contribution in [3.63, 3.8) is 0 Å². The standard InChI is InChI=1S/C32H60NO8P/c1-6-8-10-12-13-14-15-16-17-18-19-21-22-24-31(34)38-28-30(41-32(35)25-23-20-11-9-7-2)29-40-42(36,37)39-27-26-33(3,4)5/h11,20,23,25,30H,6-10,12-19,21-22,24,26-29H2,1-5H3/p+1/t30-/m1/s1. The first-order valence-electron chi connectivity index (χ1n) is 16.1. The maximum atomic E-state index is 12.3. The minimum Gasteiger partial charge on any atom is -0.462 e. The highest BCUT2D eigenvalue weighted by Gasteiger charge is 2.26. The van der Waals surface area contributed by atoms with Crippen molar-refractivity contribution in [2.24, 2.45) is 0 Å². The predicted octanol–water partition coefficient (Wildman–Crippen LogP) is 7.68. The molecule has 0 saturated heterocycles. The van der Waals surface area contributed by atoms with Crippen molar-refractivity contribution in [3.8, 4) is 0 Å². The van der Waals surface area contributed by atoms with E-state index >= 15 is 0 Å². The Balaban J connectivity index is 4.43. The number of esters is 2. The molecular weight excluding hydrogens is 557 g/mol. The Labute approximate surface area is 256 Å². The third-order valence-electron chi connectivity index (χ3n) is 6.57. The zero-order chi connectivity index (χ0) is 31.5. The van der Waals surface area contributed by atoms with Crippen molar-refractivity contribution < 1.29 is 42.1 Å². The number of carbonyl (C=O) groups is 2. The Bertz CT molecular complexity index is 794. The molecule has 246 valence electrons. The van der Waals surface area contributed by atoms with Gasteiger partial charge in [0.1, 0.15) is 19.8 Å². The predicted molar refractivity (Wildman–Crippen MR) is 169 cm³/mol. The molecule has 0 aliphatic heterocycles. The van der Waals surface area contributed by atoms with E-state index in [9.17, 15) is 19.0 Å². The second-order valence-electron chi connectivity index (χ2n) is 11.9. The van der Waals surface area contributed by atoms with E-state index in [1.165, 1.54) is 70.3 Å². The Morgan fingerprint density at radius 3 is 1.90 bits per heavy atom. The van der Waals surface area contributed by atoms with Crippen LogP contribution in [0.15, 0.2) is 24.3 Å². The number of quaternary nitrogens is 1. The third kappa shape index (κ3) is 28.6. The summed E-state index contributed by atoms with van der Waals surface area (Å²) in [5.74, 6) is -1.07. The van der Waals surface area contributed by atoms with Gasteiger partial charge in [-0.05, 0) is 12.8 Å². The fourth-order valence-corrected chi connectivity index (χ4v) is 4.73. The minimum absolute atomic E-state index is 0.0165. The summed E-state index contributed by atoms with van der Waals surface area (Å²) in [6, 6.07) is 0. The molecule has 0 aromatic rings. The molecule has 0 bridgehead atoms. The van der Waals surface area contributed by atoms with E-state index in [2.05, 4.69) is 13.8 Å². The van der Waals surface area contributed by atoms with Crippen LogP contribution in [0.5, 0.6) is 0 Å². The van der Waals surface area contributed by atoms with Gasteiger partial charge in [-0.25, -0.2) is 9.36 Å². The number of carbonyl (C=O) groups excluding carboxylic acids is 2. The average Bonchev–Trinajstić information content (AvgIpc) is 2.91. The molecule has 0 radical (unpaired) electrons. The van der Waals surface area contributed by atoms with Gasteiger partial charge in [0.15, 0.2) is 6.10 Å². The SMILES string of the molecule is CCCC=CC=CC(=O)O[C@H](COC(=O)CCCCCCCCCCCCCCC)COP(=O)(O)OCC[N+](C)(C)C. The topological polar surface area (TPSA) is 108 Å². The highest BCUT2D eigenvalue weighted by atomic mass is 31.2. The fraction of sp³-hybridized carbons (Fsp3) is 0.812. The molecule has 0 fully saturated rings. The number of likely N-dealkylation sites (N-methyl/N-ethyl adjacent to an activating group) is 1. The van der Waals surface area contributed by atoms with Crippen molar-refractivity contribution in [2.75, 3.05) is 47.5 Å². The van der Waals surface area contributed by atoms with Gasteiger partial charge < -0.3 is 18.9 Å². The molecule has 10 heteroatoms. The normalized spacial score (nSPS) is 14.3. The third-order valence-corrected chi connectivity index (χ3v) is 7.56. The summed E-state index contributed by atoms with van der Waals surface area (Å²) in [6.07, 6.45) is 23.4. The minimum atomic E-state index is -4.37. The van der Waals surface area contributed by atoms with Crippen LogP contribution < -0.4 is 0 Å². The summed E-state index contributed by atoms with van der Waals surface area (Å²) in [6.45, 7) is 4.09. The monoisotopic (exact) mass is 618 g/mol. The fourth-order valence-electron chi connectivity index (χ4n) is 3.99. The van der Waals surface area contributed by atoms with Gasteiger partial charge in [0.2, 0.25) is 0 Å². The average molecular weight is 619 g/mol. The first-order chi connectivity index (χ1) is 20.0. The molecular formula is C32H61NO8P+.